The Hall–Kier alpha value is -2.20. The van der Waals surface area contributed by atoms with E-state index in [4.69, 9.17) is 16.3 Å². The van der Waals surface area contributed by atoms with Crippen molar-refractivity contribution in [3.8, 4) is 5.75 Å². The van der Waals surface area contributed by atoms with Crippen molar-refractivity contribution in [2.75, 3.05) is 23.3 Å². The Morgan fingerprint density at radius 2 is 1.62 bits per heavy atom. The molecule has 2 aromatic rings. The van der Waals surface area contributed by atoms with Crippen LogP contribution in [0.5, 0.6) is 5.75 Å². The lowest BCUT2D eigenvalue weighted by Gasteiger charge is -2.28. The number of amides is 1. The molecule has 1 amide bonds. The van der Waals surface area contributed by atoms with Gasteiger partial charge in [-0.1, -0.05) is 50.6 Å². The highest BCUT2D eigenvalue weighted by atomic mass is 35.5. The second-order valence-corrected chi connectivity index (χ2v) is 9.58. The van der Waals surface area contributed by atoms with Crippen molar-refractivity contribution < 1.29 is 9.53 Å². The maximum atomic E-state index is 13.0. The first-order valence-electron chi connectivity index (χ1n) is 10.2. The van der Waals surface area contributed by atoms with Crippen LogP contribution in [0.25, 0.3) is 0 Å². The Morgan fingerprint density at radius 3 is 2.21 bits per heavy atom. The zero-order valence-electron chi connectivity index (χ0n) is 18.0. The van der Waals surface area contributed by atoms with Crippen LogP contribution in [-0.4, -0.2) is 24.6 Å². The molecule has 1 fully saturated rings. The number of nitrogens with one attached hydrogen (secondary N) is 1. The van der Waals surface area contributed by atoms with E-state index in [1.807, 2.05) is 42.5 Å². The van der Waals surface area contributed by atoms with Gasteiger partial charge in [-0.2, -0.15) is 0 Å². The van der Waals surface area contributed by atoms with Gasteiger partial charge in [-0.15, -0.1) is 0 Å². The number of hydrogen-bond donors (Lipinski definition) is 1. The van der Waals surface area contributed by atoms with Gasteiger partial charge in [0.2, 0.25) is 0 Å². The third kappa shape index (κ3) is 5.05. The van der Waals surface area contributed by atoms with Crippen LogP contribution in [-0.2, 0) is 10.2 Å². The van der Waals surface area contributed by atoms with Crippen LogP contribution < -0.4 is 15.0 Å². The van der Waals surface area contributed by atoms with Crippen LogP contribution in [0.4, 0.5) is 11.4 Å². The number of halogens is 1. The summed E-state index contributed by atoms with van der Waals surface area (Å²) < 4.78 is 6.04. The summed E-state index contributed by atoms with van der Waals surface area (Å²) >= 11 is 6.46. The van der Waals surface area contributed by atoms with Crippen LogP contribution in [0, 0.1) is 0 Å². The van der Waals surface area contributed by atoms with E-state index in [-0.39, 0.29) is 11.3 Å². The van der Waals surface area contributed by atoms with Crippen molar-refractivity contribution in [3.63, 3.8) is 0 Å². The minimum atomic E-state index is -1.03. The second-order valence-electron chi connectivity index (χ2n) is 9.17. The number of rotatable bonds is 5. The molecule has 1 aliphatic heterocycles. The fourth-order valence-electron chi connectivity index (χ4n) is 3.52. The van der Waals surface area contributed by atoms with Gasteiger partial charge in [-0.25, -0.2) is 0 Å². The molecule has 1 saturated heterocycles. The average Bonchev–Trinajstić information content (AvgIpc) is 3.15. The largest absolute Gasteiger partial charge is 0.478 e. The summed E-state index contributed by atoms with van der Waals surface area (Å²) in [5, 5.41) is 3.69. The van der Waals surface area contributed by atoms with Crippen molar-refractivity contribution >= 4 is 28.9 Å². The molecule has 0 spiro atoms. The highest BCUT2D eigenvalue weighted by Gasteiger charge is 2.31. The number of benzene rings is 2. The Kier molecular flexibility index (Phi) is 6.13. The molecule has 156 valence electrons. The summed E-state index contributed by atoms with van der Waals surface area (Å²) in [6.07, 6.45) is 2.27. The molecule has 0 aromatic heterocycles. The molecular formula is C24H31ClN2O2. The van der Waals surface area contributed by atoms with Gasteiger partial charge in [0.1, 0.15) is 5.75 Å². The van der Waals surface area contributed by atoms with Crippen LogP contribution in [0.1, 0.15) is 53.0 Å². The Balaban J connectivity index is 1.75. The molecule has 2 aromatic carbocycles. The van der Waals surface area contributed by atoms with Crippen molar-refractivity contribution in [1.29, 1.82) is 0 Å². The molecular weight excluding hydrogens is 384 g/mol. The molecule has 0 atom stereocenters. The van der Waals surface area contributed by atoms with E-state index in [2.05, 4.69) is 31.0 Å². The molecule has 1 N–H and O–H groups in total. The minimum Gasteiger partial charge on any atom is -0.478 e. The molecule has 1 heterocycles. The standard InChI is InChI=1S/C24H31ClN2O2/c1-23(2,3)17-11-13-18(14-12-17)29-24(4,5)22(28)26-20-10-8-9-19(25)21(20)27-15-6-7-16-27/h8-14H,6-7,15-16H2,1-5H3,(H,26,28). The second kappa shape index (κ2) is 8.27. The minimum absolute atomic E-state index is 0.0734. The quantitative estimate of drug-likeness (QED) is 0.649. The molecule has 0 radical (unpaired) electrons. The van der Waals surface area contributed by atoms with Crippen LogP contribution >= 0.6 is 11.6 Å². The lowest BCUT2D eigenvalue weighted by Crippen LogP contribution is -2.42. The summed E-state index contributed by atoms with van der Waals surface area (Å²) in [5.41, 5.74) is 1.88. The average molecular weight is 415 g/mol. The van der Waals surface area contributed by atoms with Crippen LogP contribution in [0.2, 0.25) is 5.02 Å². The number of anilines is 2. The van der Waals surface area contributed by atoms with E-state index in [0.717, 1.165) is 37.3 Å². The topological polar surface area (TPSA) is 41.6 Å². The zero-order valence-corrected chi connectivity index (χ0v) is 18.8. The SMILES string of the molecule is CC(C)(Oc1ccc(C(C)(C)C)cc1)C(=O)Nc1cccc(Cl)c1N1CCCC1. The molecule has 0 unspecified atom stereocenters. The highest BCUT2D eigenvalue weighted by Crippen LogP contribution is 2.36. The lowest BCUT2D eigenvalue weighted by atomic mass is 9.87. The van der Waals surface area contributed by atoms with Gasteiger partial charge in [0, 0.05) is 13.1 Å². The maximum Gasteiger partial charge on any atom is 0.268 e. The fourth-order valence-corrected chi connectivity index (χ4v) is 3.81. The number of nitrogens with zero attached hydrogens (tertiary/aromatic N) is 1. The highest BCUT2D eigenvalue weighted by molar-refractivity contribution is 6.34. The van der Waals surface area contributed by atoms with Gasteiger partial charge >= 0.3 is 0 Å². The van der Waals surface area contributed by atoms with Gasteiger partial charge in [-0.3, -0.25) is 4.79 Å². The van der Waals surface area contributed by atoms with Crippen molar-refractivity contribution in [1.82, 2.24) is 0 Å². The van der Waals surface area contributed by atoms with E-state index in [0.29, 0.717) is 10.8 Å². The molecule has 0 bridgehead atoms. The van der Waals surface area contributed by atoms with E-state index >= 15 is 0 Å². The fraction of sp³-hybridized carbons (Fsp3) is 0.458. The van der Waals surface area contributed by atoms with Crippen LogP contribution in [0.15, 0.2) is 42.5 Å². The third-order valence-corrected chi connectivity index (χ3v) is 5.60. The van der Waals surface area contributed by atoms with Crippen LogP contribution in [0.3, 0.4) is 0 Å². The first kappa shape index (κ1) is 21.5. The van der Waals surface area contributed by atoms with E-state index in [9.17, 15) is 4.79 Å². The molecule has 4 nitrogen and oxygen atoms in total. The molecule has 0 saturated carbocycles. The maximum absolute atomic E-state index is 13.0. The summed E-state index contributed by atoms with van der Waals surface area (Å²) in [6, 6.07) is 13.6. The Labute approximate surface area is 179 Å². The molecule has 1 aliphatic rings. The van der Waals surface area contributed by atoms with E-state index < -0.39 is 5.60 Å². The van der Waals surface area contributed by atoms with Gasteiger partial charge in [0.15, 0.2) is 5.60 Å². The smallest absolute Gasteiger partial charge is 0.268 e. The number of carbonyl (C=O) groups is 1. The number of carbonyl (C=O) groups excluding carboxylic acids is 1. The van der Waals surface area contributed by atoms with E-state index in [1.54, 1.807) is 13.8 Å². The van der Waals surface area contributed by atoms with Crippen molar-refractivity contribution in [2.24, 2.45) is 0 Å². The van der Waals surface area contributed by atoms with Gasteiger partial charge in [0.25, 0.3) is 5.91 Å². The third-order valence-electron chi connectivity index (χ3n) is 5.30. The first-order chi connectivity index (χ1) is 13.6. The molecule has 0 aliphatic carbocycles. The van der Waals surface area contributed by atoms with Gasteiger partial charge in [0.05, 0.1) is 16.4 Å². The van der Waals surface area contributed by atoms with Crippen molar-refractivity contribution in [3.05, 3.63) is 53.1 Å². The lowest BCUT2D eigenvalue weighted by molar-refractivity contribution is -0.128. The molecule has 5 heteroatoms. The van der Waals surface area contributed by atoms with Crippen molar-refractivity contribution in [2.45, 2.75) is 58.5 Å². The number of ether oxygens (including phenoxy) is 1. The molecule has 3 rings (SSSR count). The zero-order chi connectivity index (χ0) is 21.2. The monoisotopic (exact) mass is 414 g/mol. The predicted molar refractivity (Wildman–Crippen MR) is 121 cm³/mol. The summed E-state index contributed by atoms with van der Waals surface area (Å²) in [6.45, 7) is 12.0. The molecule has 29 heavy (non-hydrogen) atoms. The Bertz CT molecular complexity index is 863. The summed E-state index contributed by atoms with van der Waals surface area (Å²) in [7, 11) is 0. The van der Waals surface area contributed by atoms with Gasteiger partial charge < -0.3 is 15.0 Å². The van der Waals surface area contributed by atoms with E-state index in [1.165, 1.54) is 5.56 Å². The predicted octanol–water partition coefficient (Wildman–Crippen LogP) is 6.03. The summed E-state index contributed by atoms with van der Waals surface area (Å²) in [5.74, 6) is 0.462. The normalized spacial score (nSPS) is 14.8. The van der Waals surface area contributed by atoms with Gasteiger partial charge in [-0.05, 0) is 61.9 Å². The summed E-state index contributed by atoms with van der Waals surface area (Å²) in [4.78, 5) is 15.3. The number of para-hydroxylation sites is 1. The Morgan fingerprint density at radius 1 is 1.00 bits per heavy atom. The first-order valence-corrected chi connectivity index (χ1v) is 10.6. The number of hydrogen-bond acceptors (Lipinski definition) is 3.